The molecule has 142 valence electrons. The Morgan fingerprint density at radius 3 is 2.42 bits per heavy atom. The van der Waals surface area contributed by atoms with Crippen molar-refractivity contribution in [2.24, 2.45) is 11.8 Å². The summed E-state index contributed by atoms with van der Waals surface area (Å²) < 4.78 is 7.04. The number of rotatable bonds is 4. The van der Waals surface area contributed by atoms with Crippen LogP contribution in [-0.4, -0.2) is 43.4 Å². The molecule has 1 aromatic rings. The lowest BCUT2D eigenvalue weighted by atomic mass is 9.81. The highest BCUT2D eigenvalue weighted by Crippen LogP contribution is 2.36. The number of piperidine rings is 3. The quantitative estimate of drug-likeness (QED) is 0.817. The number of benzene rings is 1. The number of carbonyl (C=O) groups is 1. The average Bonchev–Trinajstić information content (AvgIpc) is 2.67. The zero-order valence-electron chi connectivity index (χ0n) is 16.0. The van der Waals surface area contributed by atoms with Crippen molar-refractivity contribution in [3.8, 4) is 0 Å². The Bertz CT molecular complexity index is 604. The summed E-state index contributed by atoms with van der Waals surface area (Å²) in [6.07, 6.45) is 8.51. The van der Waals surface area contributed by atoms with E-state index in [0.717, 1.165) is 11.0 Å². The van der Waals surface area contributed by atoms with Gasteiger partial charge < -0.3 is 14.5 Å². The Labute approximate surface area is 157 Å². The molecule has 4 heteroatoms. The van der Waals surface area contributed by atoms with E-state index < -0.39 is 0 Å². The molecule has 5 rings (SSSR count). The SMILES string of the molecule is C[N+]12CCC(CC1)C(OC(=O)NC(c1ccccc1)C1CCCCC1)C2. The van der Waals surface area contributed by atoms with Crippen LogP contribution in [0.3, 0.4) is 0 Å². The summed E-state index contributed by atoms with van der Waals surface area (Å²) in [5.74, 6) is 1.08. The summed E-state index contributed by atoms with van der Waals surface area (Å²) in [4.78, 5) is 12.8. The zero-order valence-corrected chi connectivity index (χ0v) is 16.0. The number of carbonyl (C=O) groups excluding carboxylic acids is 1. The van der Waals surface area contributed by atoms with E-state index >= 15 is 0 Å². The summed E-state index contributed by atoms with van der Waals surface area (Å²) in [7, 11) is 2.30. The first-order chi connectivity index (χ1) is 12.6. The molecule has 1 aliphatic carbocycles. The van der Waals surface area contributed by atoms with Gasteiger partial charge in [0.25, 0.3) is 0 Å². The highest BCUT2D eigenvalue weighted by molar-refractivity contribution is 5.68. The number of nitrogens with zero attached hydrogens (tertiary/aromatic N) is 1. The normalized spacial score (nSPS) is 32.8. The molecule has 3 heterocycles. The third-order valence-electron chi connectivity index (χ3n) is 7.04. The minimum absolute atomic E-state index is 0.0786. The van der Waals surface area contributed by atoms with E-state index in [-0.39, 0.29) is 18.2 Å². The van der Waals surface area contributed by atoms with Crippen molar-refractivity contribution < 1.29 is 14.0 Å². The van der Waals surface area contributed by atoms with E-state index in [1.165, 1.54) is 63.6 Å². The molecule has 4 fully saturated rings. The molecule has 2 unspecified atom stereocenters. The Kier molecular flexibility index (Phi) is 5.21. The summed E-state index contributed by atoms with van der Waals surface area (Å²) >= 11 is 0. The van der Waals surface area contributed by atoms with Crippen LogP contribution in [0.15, 0.2) is 30.3 Å². The van der Waals surface area contributed by atoms with Gasteiger partial charge in [0, 0.05) is 18.8 Å². The van der Waals surface area contributed by atoms with Crippen molar-refractivity contribution in [3.63, 3.8) is 0 Å². The molecule has 26 heavy (non-hydrogen) atoms. The lowest BCUT2D eigenvalue weighted by molar-refractivity contribution is -0.928. The fraction of sp³-hybridized carbons (Fsp3) is 0.682. The van der Waals surface area contributed by atoms with Crippen LogP contribution in [0.1, 0.15) is 56.6 Å². The lowest BCUT2D eigenvalue weighted by Crippen LogP contribution is -2.62. The third kappa shape index (κ3) is 3.90. The van der Waals surface area contributed by atoms with Crippen molar-refractivity contribution in [2.75, 3.05) is 26.7 Å². The number of likely N-dealkylation sites (N-methyl/N-ethyl adjacent to an activating group) is 1. The standard InChI is InChI=1S/C22H32N2O2/c1-24-14-12-17(13-15-24)20(16-24)26-22(25)23-21(18-8-4-2-5-9-18)19-10-6-3-7-11-19/h2,4-5,8-9,17,19-21H,3,6-7,10-16H2,1H3/p+1. The van der Waals surface area contributed by atoms with Crippen LogP contribution in [0.2, 0.25) is 0 Å². The Morgan fingerprint density at radius 1 is 1.08 bits per heavy atom. The van der Waals surface area contributed by atoms with Gasteiger partial charge in [0.05, 0.1) is 26.2 Å². The first-order valence-electron chi connectivity index (χ1n) is 10.5. The summed E-state index contributed by atoms with van der Waals surface area (Å²) in [6, 6.07) is 10.5. The average molecular weight is 358 g/mol. The first-order valence-corrected chi connectivity index (χ1v) is 10.5. The number of hydrogen-bond donors (Lipinski definition) is 1. The maximum atomic E-state index is 12.8. The van der Waals surface area contributed by atoms with Gasteiger partial charge >= 0.3 is 6.09 Å². The smallest absolute Gasteiger partial charge is 0.408 e. The van der Waals surface area contributed by atoms with Gasteiger partial charge in [-0.1, -0.05) is 49.6 Å². The fourth-order valence-electron chi connectivity index (χ4n) is 5.38. The van der Waals surface area contributed by atoms with Crippen LogP contribution in [-0.2, 0) is 4.74 Å². The maximum Gasteiger partial charge on any atom is 0.408 e. The van der Waals surface area contributed by atoms with Crippen LogP contribution in [0.25, 0.3) is 0 Å². The highest BCUT2D eigenvalue weighted by Gasteiger charge is 2.45. The molecule has 0 spiro atoms. The van der Waals surface area contributed by atoms with Gasteiger partial charge in [-0.15, -0.1) is 0 Å². The molecule has 4 aliphatic rings. The predicted molar refractivity (Wildman–Crippen MR) is 103 cm³/mol. The minimum Gasteiger partial charge on any atom is -0.440 e. The number of quaternary nitrogens is 1. The predicted octanol–water partition coefficient (Wildman–Crippen LogP) is 4.27. The van der Waals surface area contributed by atoms with E-state index in [4.69, 9.17) is 4.74 Å². The zero-order chi connectivity index (χ0) is 18.0. The third-order valence-corrected chi connectivity index (χ3v) is 7.04. The lowest BCUT2D eigenvalue weighted by Gasteiger charge is -2.49. The number of amides is 1. The molecular weight excluding hydrogens is 324 g/mol. The summed E-state index contributed by atoms with van der Waals surface area (Å²) in [5, 5.41) is 3.25. The molecule has 1 N–H and O–H groups in total. The molecule has 4 nitrogen and oxygen atoms in total. The minimum atomic E-state index is -0.213. The van der Waals surface area contributed by atoms with Gasteiger partial charge in [0.1, 0.15) is 6.54 Å². The van der Waals surface area contributed by atoms with Crippen LogP contribution in [0.4, 0.5) is 4.79 Å². The molecule has 3 saturated heterocycles. The topological polar surface area (TPSA) is 38.3 Å². The Hall–Kier alpha value is -1.55. The Morgan fingerprint density at radius 2 is 1.77 bits per heavy atom. The number of nitrogens with one attached hydrogen (secondary N) is 1. The molecular formula is C22H33N2O2+. The molecule has 2 bridgehead atoms. The number of alkyl carbamates (subject to hydrolysis) is 1. The number of fused-ring (bicyclic) bond motifs is 3. The van der Waals surface area contributed by atoms with Crippen molar-refractivity contribution in [2.45, 2.75) is 57.1 Å². The van der Waals surface area contributed by atoms with Gasteiger partial charge in [0.15, 0.2) is 6.10 Å². The second kappa shape index (κ2) is 7.59. The van der Waals surface area contributed by atoms with Gasteiger partial charge in [-0.05, 0) is 24.3 Å². The molecule has 2 atom stereocenters. The van der Waals surface area contributed by atoms with E-state index in [9.17, 15) is 4.79 Å². The van der Waals surface area contributed by atoms with Gasteiger partial charge in [-0.2, -0.15) is 0 Å². The Balaban J connectivity index is 1.42. The summed E-state index contributed by atoms with van der Waals surface area (Å²) in [6.45, 7) is 3.46. The molecule has 1 aromatic carbocycles. The van der Waals surface area contributed by atoms with Crippen molar-refractivity contribution in [1.29, 1.82) is 0 Å². The van der Waals surface area contributed by atoms with E-state index in [0.29, 0.717) is 11.8 Å². The molecule has 0 radical (unpaired) electrons. The molecule has 1 amide bonds. The van der Waals surface area contributed by atoms with Crippen molar-refractivity contribution in [3.05, 3.63) is 35.9 Å². The van der Waals surface area contributed by atoms with Crippen LogP contribution in [0.5, 0.6) is 0 Å². The van der Waals surface area contributed by atoms with Gasteiger partial charge in [-0.25, -0.2) is 4.79 Å². The van der Waals surface area contributed by atoms with E-state index in [1.54, 1.807) is 0 Å². The van der Waals surface area contributed by atoms with Crippen molar-refractivity contribution >= 4 is 6.09 Å². The van der Waals surface area contributed by atoms with Crippen LogP contribution < -0.4 is 5.32 Å². The first kappa shape index (κ1) is 17.8. The highest BCUT2D eigenvalue weighted by atomic mass is 16.6. The summed E-state index contributed by atoms with van der Waals surface area (Å²) in [5.41, 5.74) is 1.21. The van der Waals surface area contributed by atoms with Gasteiger partial charge in [-0.3, -0.25) is 0 Å². The van der Waals surface area contributed by atoms with Crippen molar-refractivity contribution in [1.82, 2.24) is 5.32 Å². The second-order valence-corrected chi connectivity index (χ2v) is 8.96. The monoisotopic (exact) mass is 357 g/mol. The molecule has 0 aromatic heterocycles. The molecule has 3 aliphatic heterocycles. The van der Waals surface area contributed by atoms with Gasteiger partial charge in [0.2, 0.25) is 0 Å². The van der Waals surface area contributed by atoms with Crippen LogP contribution in [0, 0.1) is 11.8 Å². The van der Waals surface area contributed by atoms with E-state index in [1.807, 2.05) is 6.07 Å². The van der Waals surface area contributed by atoms with Crippen LogP contribution >= 0.6 is 0 Å². The largest absolute Gasteiger partial charge is 0.440 e. The number of hydrogen-bond acceptors (Lipinski definition) is 2. The molecule has 1 saturated carbocycles. The number of ether oxygens (including phenoxy) is 1. The second-order valence-electron chi connectivity index (χ2n) is 8.96. The fourth-order valence-corrected chi connectivity index (χ4v) is 5.38. The maximum absolute atomic E-state index is 12.8. The van der Waals surface area contributed by atoms with E-state index in [2.05, 4.69) is 36.6 Å².